The van der Waals surface area contributed by atoms with E-state index in [9.17, 15) is 4.79 Å². The number of carbonyl (C=O) groups is 1. The first kappa shape index (κ1) is 11.2. The fourth-order valence-corrected chi connectivity index (χ4v) is 2.36. The lowest BCUT2D eigenvalue weighted by Gasteiger charge is -2.12. The standard InChI is InChI=1S/C13H15NO4/c14-10-6-12-11(16-7-17-12)5-9(10)13(15)18-8-3-1-2-4-8/h5-6,8H,1-4,7,14H2. The van der Waals surface area contributed by atoms with Crippen molar-refractivity contribution in [1.82, 2.24) is 0 Å². The van der Waals surface area contributed by atoms with Crippen LogP contribution in [-0.2, 0) is 4.74 Å². The van der Waals surface area contributed by atoms with Gasteiger partial charge in [-0.3, -0.25) is 0 Å². The van der Waals surface area contributed by atoms with E-state index in [1.165, 1.54) is 0 Å². The van der Waals surface area contributed by atoms with Gasteiger partial charge < -0.3 is 19.9 Å². The number of hydrogen-bond donors (Lipinski definition) is 1. The van der Waals surface area contributed by atoms with Crippen molar-refractivity contribution in [2.45, 2.75) is 31.8 Å². The molecule has 1 aromatic carbocycles. The average Bonchev–Trinajstić information content (AvgIpc) is 2.98. The summed E-state index contributed by atoms with van der Waals surface area (Å²) in [5, 5.41) is 0. The first-order chi connectivity index (χ1) is 8.74. The van der Waals surface area contributed by atoms with E-state index in [1.54, 1.807) is 12.1 Å². The lowest BCUT2D eigenvalue weighted by atomic mass is 10.1. The van der Waals surface area contributed by atoms with Crippen LogP contribution in [0.1, 0.15) is 36.0 Å². The SMILES string of the molecule is Nc1cc2c(cc1C(=O)OC1CCCC1)OCO2. The zero-order valence-electron chi connectivity index (χ0n) is 9.98. The Labute approximate surface area is 105 Å². The van der Waals surface area contributed by atoms with E-state index < -0.39 is 0 Å². The molecule has 0 bridgehead atoms. The van der Waals surface area contributed by atoms with E-state index in [0.29, 0.717) is 22.7 Å². The first-order valence-corrected chi connectivity index (χ1v) is 6.14. The van der Waals surface area contributed by atoms with Gasteiger partial charge in [-0.25, -0.2) is 4.79 Å². The molecular formula is C13H15NO4. The highest BCUT2D eigenvalue weighted by Gasteiger charge is 2.24. The van der Waals surface area contributed by atoms with Crippen LogP contribution >= 0.6 is 0 Å². The number of hydrogen-bond acceptors (Lipinski definition) is 5. The van der Waals surface area contributed by atoms with Gasteiger partial charge in [-0.05, 0) is 25.7 Å². The predicted molar refractivity (Wildman–Crippen MR) is 64.6 cm³/mol. The Morgan fingerprint density at radius 2 is 1.89 bits per heavy atom. The molecule has 1 aliphatic carbocycles. The first-order valence-electron chi connectivity index (χ1n) is 6.14. The highest BCUT2D eigenvalue weighted by Crippen LogP contribution is 2.36. The smallest absolute Gasteiger partial charge is 0.340 e. The second-order valence-electron chi connectivity index (χ2n) is 4.60. The Balaban J connectivity index is 1.80. The number of anilines is 1. The van der Waals surface area contributed by atoms with Crippen LogP contribution in [0.3, 0.4) is 0 Å². The third-order valence-electron chi connectivity index (χ3n) is 3.34. The number of ether oxygens (including phenoxy) is 3. The van der Waals surface area contributed by atoms with Gasteiger partial charge in [0.05, 0.1) is 11.3 Å². The van der Waals surface area contributed by atoms with Crippen molar-refractivity contribution >= 4 is 11.7 Å². The molecule has 5 nitrogen and oxygen atoms in total. The van der Waals surface area contributed by atoms with Crippen molar-refractivity contribution in [2.24, 2.45) is 0 Å². The van der Waals surface area contributed by atoms with E-state index >= 15 is 0 Å². The molecule has 2 aliphatic rings. The summed E-state index contributed by atoms with van der Waals surface area (Å²) in [5.41, 5.74) is 6.55. The molecule has 0 radical (unpaired) electrons. The summed E-state index contributed by atoms with van der Waals surface area (Å²) in [7, 11) is 0. The van der Waals surface area contributed by atoms with Crippen molar-refractivity contribution in [3.8, 4) is 11.5 Å². The van der Waals surface area contributed by atoms with Crippen LogP contribution in [0.5, 0.6) is 11.5 Å². The lowest BCUT2D eigenvalue weighted by Crippen LogP contribution is -2.16. The summed E-state index contributed by atoms with van der Waals surface area (Å²) < 4.78 is 15.8. The minimum Gasteiger partial charge on any atom is -0.459 e. The monoisotopic (exact) mass is 249 g/mol. The predicted octanol–water partition coefficient (Wildman–Crippen LogP) is 2.10. The Kier molecular flexibility index (Phi) is 2.74. The molecule has 0 unspecified atom stereocenters. The summed E-state index contributed by atoms with van der Waals surface area (Å²) in [6.45, 7) is 0.163. The number of nitrogens with two attached hydrogens (primary N) is 1. The third-order valence-corrected chi connectivity index (χ3v) is 3.34. The zero-order chi connectivity index (χ0) is 12.5. The summed E-state index contributed by atoms with van der Waals surface area (Å²) in [4.78, 5) is 12.0. The molecule has 1 fully saturated rings. The topological polar surface area (TPSA) is 70.8 Å². The summed E-state index contributed by atoms with van der Waals surface area (Å²) in [6.07, 6.45) is 4.15. The number of esters is 1. The minimum atomic E-state index is -0.377. The Morgan fingerprint density at radius 1 is 1.22 bits per heavy atom. The highest BCUT2D eigenvalue weighted by molar-refractivity contribution is 5.96. The molecular weight excluding hydrogens is 234 g/mol. The normalized spacial score (nSPS) is 18.0. The van der Waals surface area contributed by atoms with Gasteiger partial charge in [0.15, 0.2) is 11.5 Å². The van der Waals surface area contributed by atoms with Crippen LogP contribution < -0.4 is 15.2 Å². The maximum absolute atomic E-state index is 12.0. The van der Waals surface area contributed by atoms with Crippen LogP contribution in [-0.4, -0.2) is 18.9 Å². The lowest BCUT2D eigenvalue weighted by molar-refractivity contribution is 0.0319. The molecule has 3 rings (SSSR count). The number of nitrogen functional groups attached to an aromatic ring is 1. The Hall–Kier alpha value is -1.91. The molecule has 1 saturated carbocycles. The second kappa shape index (κ2) is 4.40. The molecule has 5 heteroatoms. The van der Waals surface area contributed by atoms with E-state index in [0.717, 1.165) is 25.7 Å². The van der Waals surface area contributed by atoms with Crippen LogP contribution in [0.2, 0.25) is 0 Å². The summed E-state index contributed by atoms with van der Waals surface area (Å²) in [6, 6.07) is 3.20. The highest BCUT2D eigenvalue weighted by atomic mass is 16.7. The van der Waals surface area contributed by atoms with Crippen molar-refractivity contribution in [3.63, 3.8) is 0 Å². The Bertz CT molecular complexity index is 480. The Morgan fingerprint density at radius 3 is 2.61 bits per heavy atom. The van der Waals surface area contributed by atoms with Crippen molar-refractivity contribution in [3.05, 3.63) is 17.7 Å². The molecule has 1 heterocycles. The van der Waals surface area contributed by atoms with Crippen molar-refractivity contribution < 1.29 is 19.0 Å². The maximum Gasteiger partial charge on any atom is 0.340 e. The molecule has 0 spiro atoms. The van der Waals surface area contributed by atoms with Gasteiger partial charge in [0, 0.05) is 12.1 Å². The fourth-order valence-electron chi connectivity index (χ4n) is 2.36. The molecule has 1 aromatic rings. The van der Waals surface area contributed by atoms with Crippen molar-refractivity contribution in [2.75, 3.05) is 12.5 Å². The maximum atomic E-state index is 12.0. The van der Waals surface area contributed by atoms with Crippen LogP contribution in [0.4, 0.5) is 5.69 Å². The second-order valence-corrected chi connectivity index (χ2v) is 4.60. The average molecular weight is 249 g/mol. The molecule has 1 aliphatic heterocycles. The largest absolute Gasteiger partial charge is 0.459 e. The van der Waals surface area contributed by atoms with Crippen LogP contribution in [0, 0.1) is 0 Å². The van der Waals surface area contributed by atoms with Gasteiger partial charge in [0.25, 0.3) is 0 Å². The van der Waals surface area contributed by atoms with Gasteiger partial charge in [-0.2, -0.15) is 0 Å². The molecule has 0 amide bonds. The van der Waals surface area contributed by atoms with E-state index in [4.69, 9.17) is 19.9 Å². The van der Waals surface area contributed by atoms with Gasteiger partial charge >= 0.3 is 5.97 Å². The number of carbonyl (C=O) groups excluding carboxylic acids is 1. The van der Waals surface area contributed by atoms with E-state index in [-0.39, 0.29) is 18.9 Å². The van der Waals surface area contributed by atoms with Gasteiger partial charge in [-0.1, -0.05) is 0 Å². The molecule has 18 heavy (non-hydrogen) atoms. The van der Waals surface area contributed by atoms with Crippen molar-refractivity contribution in [1.29, 1.82) is 0 Å². The van der Waals surface area contributed by atoms with E-state index in [1.807, 2.05) is 0 Å². The molecule has 0 aromatic heterocycles. The third kappa shape index (κ3) is 1.96. The van der Waals surface area contributed by atoms with Gasteiger partial charge in [0.2, 0.25) is 6.79 Å². The molecule has 0 saturated heterocycles. The molecule has 0 atom stereocenters. The van der Waals surface area contributed by atoms with E-state index in [2.05, 4.69) is 0 Å². The van der Waals surface area contributed by atoms with Gasteiger partial charge in [-0.15, -0.1) is 0 Å². The molecule has 2 N–H and O–H groups in total. The van der Waals surface area contributed by atoms with Crippen LogP contribution in [0.25, 0.3) is 0 Å². The zero-order valence-corrected chi connectivity index (χ0v) is 9.98. The molecule has 96 valence electrons. The minimum absolute atomic E-state index is 0.0299. The fraction of sp³-hybridized carbons (Fsp3) is 0.462. The van der Waals surface area contributed by atoms with Crippen LogP contribution in [0.15, 0.2) is 12.1 Å². The summed E-state index contributed by atoms with van der Waals surface area (Å²) in [5.74, 6) is 0.741. The number of fused-ring (bicyclic) bond motifs is 1. The quantitative estimate of drug-likeness (QED) is 0.642. The summed E-state index contributed by atoms with van der Waals surface area (Å²) >= 11 is 0. The number of rotatable bonds is 2. The number of benzene rings is 1. The van der Waals surface area contributed by atoms with Gasteiger partial charge in [0.1, 0.15) is 6.10 Å².